The average molecular weight is 221 g/mol. The summed E-state index contributed by atoms with van der Waals surface area (Å²) in [6.07, 6.45) is 5.93. The van der Waals surface area contributed by atoms with Crippen molar-refractivity contribution in [3.05, 3.63) is 35.4 Å². The third kappa shape index (κ3) is 2.37. The third-order valence-corrected chi connectivity index (χ3v) is 4.02. The first-order valence-corrected chi connectivity index (χ1v) is 7.04. The molecule has 2 rings (SSSR count). The molecule has 2 N–H and O–H groups in total. The Hall–Kier alpha value is -0.470. The second kappa shape index (κ2) is 5.04. The second-order valence-corrected chi connectivity index (χ2v) is 5.31. The summed E-state index contributed by atoms with van der Waals surface area (Å²) < 4.78 is 0. The van der Waals surface area contributed by atoms with Gasteiger partial charge in [0.1, 0.15) is 0 Å². The minimum Gasteiger partial charge on any atom is -0.324 e. The molecule has 0 saturated carbocycles. The number of hydrogen-bond donors (Lipinski definition) is 1. The van der Waals surface area contributed by atoms with Crippen molar-refractivity contribution in [2.75, 3.05) is 12.0 Å². The van der Waals surface area contributed by atoms with E-state index in [1.165, 1.54) is 36.1 Å². The van der Waals surface area contributed by atoms with Gasteiger partial charge in [-0.2, -0.15) is 11.8 Å². The molecule has 0 fully saturated rings. The van der Waals surface area contributed by atoms with Crippen LogP contribution in [0.4, 0.5) is 0 Å². The highest BCUT2D eigenvalue weighted by Crippen LogP contribution is 2.36. The molecule has 2 heteroatoms. The Bertz CT molecular complexity index is 324. The van der Waals surface area contributed by atoms with Crippen LogP contribution in [0.2, 0.25) is 0 Å². The first-order valence-electron chi connectivity index (χ1n) is 5.65. The molecule has 1 aromatic carbocycles. The lowest BCUT2D eigenvalue weighted by Gasteiger charge is -2.15. The van der Waals surface area contributed by atoms with E-state index in [0.29, 0.717) is 5.92 Å². The number of hydrogen-bond acceptors (Lipinski definition) is 2. The lowest BCUT2D eigenvalue weighted by atomic mass is 9.96. The number of benzene rings is 1. The van der Waals surface area contributed by atoms with E-state index in [2.05, 4.69) is 30.5 Å². The molecule has 0 aliphatic heterocycles. The molecular formula is C13H19NS. The molecule has 1 aliphatic rings. The molecule has 82 valence electrons. The standard InChI is InChI=1S/C13H19NS/c1-15-8-4-6-11-9-10-5-2-3-7-12(10)13(11)14/h2-3,5,7,11,13H,4,6,8-9,14H2,1H3. The minimum absolute atomic E-state index is 0.281. The average Bonchev–Trinajstić information content (AvgIpc) is 2.57. The summed E-state index contributed by atoms with van der Waals surface area (Å²) in [4.78, 5) is 0. The molecule has 2 atom stereocenters. The van der Waals surface area contributed by atoms with Crippen molar-refractivity contribution in [2.45, 2.75) is 25.3 Å². The summed E-state index contributed by atoms with van der Waals surface area (Å²) in [6.45, 7) is 0. The topological polar surface area (TPSA) is 26.0 Å². The van der Waals surface area contributed by atoms with E-state index in [9.17, 15) is 0 Å². The zero-order valence-corrected chi connectivity index (χ0v) is 10.1. The number of thioether (sulfide) groups is 1. The Labute approximate surface area is 96.4 Å². The SMILES string of the molecule is CSCCCC1Cc2ccccc2C1N. The fraction of sp³-hybridized carbons (Fsp3) is 0.538. The number of fused-ring (bicyclic) bond motifs is 1. The Balaban J connectivity index is 1.97. The van der Waals surface area contributed by atoms with E-state index in [4.69, 9.17) is 5.73 Å². The predicted molar refractivity (Wildman–Crippen MR) is 68.2 cm³/mol. The molecule has 0 spiro atoms. The Kier molecular flexibility index (Phi) is 3.71. The van der Waals surface area contributed by atoms with E-state index in [1.54, 1.807) is 0 Å². The van der Waals surface area contributed by atoms with Gasteiger partial charge in [0.25, 0.3) is 0 Å². The van der Waals surface area contributed by atoms with Gasteiger partial charge in [-0.25, -0.2) is 0 Å². The predicted octanol–water partition coefficient (Wildman–Crippen LogP) is 3.00. The maximum atomic E-state index is 6.27. The van der Waals surface area contributed by atoms with Gasteiger partial charge in [0, 0.05) is 6.04 Å². The van der Waals surface area contributed by atoms with Crippen LogP contribution in [0.15, 0.2) is 24.3 Å². The summed E-state index contributed by atoms with van der Waals surface area (Å²) in [7, 11) is 0. The van der Waals surface area contributed by atoms with Crippen LogP contribution in [0.3, 0.4) is 0 Å². The van der Waals surface area contributed by atoms with E-state index in [-0.39, 0.29) is 6.04 Å². The van der Waals surface area contributed by atoms with Gasteiger partial charge in [-0.3, -0.25) is 0 Å². The van der Waals surface area contributed by atoms with Crippen LogP contribution in [0, 0.1) is 5.92 Å². The highest BCUT2D eigenvalue weighted by Gasteiger charge is 2.28. The molecule has 1 nitrogen and oxygen atoms in total. The van der Waals surface area contributed by atoms with Crippen molar-refractivity contribution in [1.29, 1.82) is 0 Å². The van der Waals surface area contributed by atoms with Crippen molar-refractivity contribution >= 4 is 11.8 Å². The molecule has 2 unspecified atom stereocenters. The summed E-state index contributed by atoms with van der Waals surface area (Å²) in [5.41, 5.74) is 9.12. The monoisotopic (exact) mass is 221 g/mol. The zero-order valence-electron chi connectivity index (χ0n) is 9.28. The first kappa shape index (κ1) is 11.0. The van der Waals surface area contributed by atoms with Gasteiger partial charge in [0.15, 0.2) is 0 Å². The van der Waals surface area contributed by atoms with E-state index < -0.39 is 0 Å². The van der Waals surface area contributed by atoms with Crippen LogP contribution in [0.1, 0.15) is 30.0 Å². The van der Waals surface area contributed by atoms with Crippen molar-refractivity contribution in [2.24, 2.45) is 11.7 Å². The molecule has 15 heavy (non-hydrogen) atoms. The highest BCUT2D eigenvalue weighted by molar-refractivity contribution is 7.98. The van der Waals surface area contributed by atoms with Gasteiger partial charge >= 0.3 is 0 Å². The zero-order chi connectivity index (χ0) is 10.7. The highest BCUT2D eigenvalue weighted by atomic mass is 32.2. The van der Waals surface area contributed by atoms with Crippen LogP contribution in [0.25, 0.3) is 0 Å². The second-order valence-electron chi connectivity index (χ2n) is 4.32. The molecule has 0 bridgehead atoms. The number of rotatable bonds is 4. The lowest BCUT2D eigenvalue weighted by Crippen LogP contribution is -2.16. The van der Waals surface area contributed by atoms with Gasteiger partial charge in [0.2, 0.25) is 0 Å². The molecule has 1 aliphatic carbocycles. The van der Waals surface area contributed by atoms with Gasteiger partial charge in [-0.15, -0.1) is 0 Å². The molecule has 1 aromatic rings. The van der Waals surface area contributed by atoms with Crippen LogP contribution in [-0.4, -0.2) is 12.0 Å². The summed E-state index contributed by atoms with van der Waals surface area (Å²) >= 11 is 1.93. The normalized spacial score (nSPS) is 24.1. The fourth-order valence-electron chi connectivity index (χ4n) is 2.48. The molecule has 0 radical (unpaired) electrons. The Morgan fingerprint density at radius 3 is 2.93 bits per heavy atom. The van der Waals surface area contributed by atoms with Crippen molar-refractivity contribution in [1.82, 2.24) is 0 Å². The minimum atomic E-state index is 0.281. The Morgan fingerprint density at radius 1 is 1.40 bits per heavy atom. The maximum Gasteiger partial charge on any atom is 0.0329 e. The summed E-state index contributed by atoms with van der Waals surface area (Å²) in [5, 5.41) is 0. The van der Waals surface area contributed by atoms with E-state index >= 15 is 0 Å². The summed E-state index contributed by atoms with van der Waals surface area (Å²) in [6, 6.07) is 8.92. The lowest BCUT2D eigenvalue weighted by molar-refractivity contribution is 0.431. The van der Waals surface area contributed by atoms with E-state index in [1.807, 2.05) is 11.8 Å². The molecule has 0 saturated heterocycles. The van der Waals surface area contributed by atoms with Crippen molar-refractivity contribution in [3.63, 3.8) is 0 Å². The van der Waals surface area contributed by atoms with Crippen LogP contribution < -0.4 is 5.73 Å². The van der Waals surface area contributed by atoms with Gasteiger partial charge < -0.3 is 5.73 Å². The summed E-state index contributed by atoms with van der Waals surface area (Å²) in [5.74, 6) is 1.94. The number of nitrogens with two attached hydrogens (primary N) is 1. The van der Waals surface area contributed by atoms with Gasteiger partial charge in [-0.05, 0) is 48.3 Å². The third-order valence-electron chi connectivity index (χ3n) is 3.33. The van der Waals surface area contributed by atoms with Crippen molar-refractivity contribution < 1.29 is 0 Å². The molecular weight excluding hydrogens is 202 g/mol. The van der Waals surface area contributed by atoms with Crippen LogP contribution >= 0.6 is 11.8 Å². The van der Waals surface area contributed by atoms with Gasteiger partial charge in [-0.1, -0.05) is 24.3 Å². The van der Waals surface area contributed by atoms with E-state index in [0.717, 1.165) is 0 Å². The van der Waals surface area contributed by atoms with Crippen molar-refractivity contribution in [3.8, 4) is 0 Å². The Morgan fingerprint density at radius 2 is 2.20 bits per heavy atom. The molecule has 0 heterocycles. The fourth-order valence-corrected chi connectivity index (χ4v) is 2.94. The largest absolute Gasteiger partial charge is 0.324 e. The first-order chi connectivity index (χ1) is 7.33. The quantitative estimate of drug-likeness (QED) is 0.791. The molecule has 0 amide bonds. The van der Waals surface area contributed by atoms with Crippen LogP contribution in [-0.2, 0) is 6.42 Å². The maximum absolute atomic E-state index is 6.27. The van der Waals surface area contributed by atoms with Gasteiger partial charge in [0.05, 0.1) is 0 Å². The smallest absolute Gasteiger partial charge is 0.0329 e. The molecule has 0 aromatic heterocycles. The van der Waals surface area contributed by atoms with Crippen LogP contribution in [0.5, 0.6) is 0 Å².